The summed E-state index contributed by atoms with van der Waals surface area (Å²) >= 11 is 1.48. The highest BCUT2D eigenvalue weighted by Crippen LogP contribution is 2.25. The predicted octanol–water partition coefficient (Wildman–Crippen LogP) is 3.59. The summed E-state index contributed by atoms with van der Waals surface area (Å²) in [5.41, 5.74) is -4.97. The number of halogens is 3. The van der Waals surface area contributed by atoms with Crippen LogP contribution in [0.25, 0.3) is 0 Å². The topological polar surface area (TPSA) is 43.4 Å². The van der Waals surface area contributed by atoms with Gasteiger partial charge in [-0.3, -0.25) is 4.18 Å². The van der Waals surface area contributed by atoms with Crippen LogP contribution in [0.15, 0.2) is 46.9 Å². The standard InChI is InChI=1S/C12H13F3O3S2/c1-10(9-18-20(16,17)12(13,14)15)7-8-19-11-5-3-2-4-6-11/h2-7H,8-9H2,1H3/b10-7-. The van der Waals surface area contributed by atoms with E-state index in [1.165, 1.54) is 18.7 Å². The Balaban J connectivity index is 2.44. The number of thioether (sulfide) groups is 1. The summed E-state index contributed by atoms with van der Waals surface area (Å²) in [7, 11) is -5.52. The zero-order chi connectivity index (χ0) is 15.2. The van der Waals surface area contributed by atoms with Gasteiger partial charge in [-0.05, 0) is 24.6 Å². The molecular formula is C12H13F3O3S2. The third kappa shape index (κ3) is 5.56. The molecule has 0 aliphatic rings. The molecule has 1 rings (SSSR count). The van der Waals surface area contributed by atoms with Gasteiger partial charge >= 0.3 is 15.6 Å². The molecule has 0 saturated heterocycles. The second-order valence-corrected chi connectivity index (χ2v) is 6.54. The highest BCUT2D eigenvalue weighted by Gasteiger charge is 2.47. The van der Waals surface area contributed by atoms with Crippen molar-refractivity contribution in [2.24, 2.45) is 0 Å². The van der Waals surface area contributed by atoms with Gasteiger partial charge in [0.15, 0.2) is 0 Å². The molecule has 1 aromatic rings. The zero-order valence-corrected chi connectivity index (χ0v) is 12.2. The van der Waals surface area contributed by atoms with Crippen molar-refractivity contribution in [1.29, 1.82) is 0 Å². The maximum Gasteiger partial charge on any atom is 0.523 e. The lowest BCUT2D eigenvalue weighted by Gasteiger charge is -2.08. The van der Waals surface area contributed by atoms with Crippen LogP contribution in [0.1, 0.15) is 6.92 Å². The maximum atomic E-state index is 12.0. The Morgan fingerprint density at radius 3 is 2.45 bits per heavy atom. The van der Waals surface area contributed by atoms with Gasteiger partial charge in [-0.1, -0.05) is 24.3 Å². The Morgan fingerprint density at radius 1 is 1.30 bits per heavy atom. The summed E-state index contributed by atoms with van der Waals surface area (Å²) in [5, 5.41) is 0. The first-order valence-corrected chi connectivity index (χ1v) is 7.91. The van der Waals surface area contributed by atoms with Crippen LogP contribution < -0.4 is 0 Å². The van der Waals surface area contributed by atoms with E-state index >= 15 is 0 Å². The number of hydrogen-bond donors (Lipinski definition) is 0. The Morgan fingerprint density at radius 2 is 1.90 bits per heavy atom. The van der Waals surface area contributed by atoms with Crippen molar-refractivity contribution in [3.05, 3.63) is 42.0 Å². The molecular weight excluding hydrogens is 313 g/mol. The maximum absolute atomic E-state index is 12.0. The van der Waals surface area contributed by atoms with Crippen LogP contribution >= 0.6 is 11.8 Å². The molecule has 0 aromatic heterocycles. The van der Waals surface area contributed by atoms with Crippen LogP contribution in [0.5, 0.6) is 0 Å². The van der Waals surface area contributed by atoms with Gasteiger partial charge in [0.25, 0.3) is 0 Å². The molecule has 0 amide bonds. The lowest BCUT2D eigenvalue weighted by Crippen LogP contribution is -2.26. The molecule has 0 aliphatic carbocycles. The molecule has 0 atom stereocenters. The van der Waals surface area contributed by atoms with Crippen LogP contribution in [0, 0.1) is 0 Å². The molecule has 20 heavy (non-hydrogen) atoms. The predicted molar refractivity (Wildman–Crippen MR) is 71.8 cm³/mol. The van der Waals surface area contributed by atoms with Crippen LogP contribution in [-0.4, -0.2) is 26.3 Å². The van der Waals surface area contributed by atoms with Crippen molar-refractivity contribution >= 4 is 21.9 Å². The largest absolute Gasteiger partial charge is 0.523 e. The minimum Gasteiger partial charge on any atom is -0.259 e. The fraction of sp³-hybridized carbons (Fsp3) is 0.333. The molecule has 1 aromatic carbocycles. The fourth-order valence-corrected chi connectivity index (χ4v) is 2.48. The molecule has 8 heteroatoms. The molecule has 0 radical (unpaired) electrons. The number of rotatable bonds is 6. The molecule has 0 saturated carbocycles. The zero-order valence-electron chi connectivity index (χ0n) is 10.6. The Bertz CT molecular complexity index is 551. The fourth-order valence-electron chi connectivity index (χ4n) is 1.09. The molecule has 0 unspecified atom stereocenters. The molecule has 0 aliphatic heterocycles. The number of benzene rings is 1. The molecule has 0 bridgehead atoms. The lowest BCUT2D eigenvalue weighted by atomic mass is 10.3. The Kier molecular flexibility index (Phi) is 6.09. The molecule has 3 nitrogen and oxygen atoms in total. The number of hydrogen-bond acceptors (Lipinski definition) is 4. The summed E-state index contributed by atoms with van der Waals surface area (Å²) < 4.78 is 61.3. The molecule has 0 N–H and O–H groups in total. The first kappa shape index (κ1) is 17.1. The molecule has 0 fully saturated rings. The van der Waals surface area contributed by atoms with Gasteiger partial charge in [0.2, 0.25) is 0 Å². The summed E-state index contributed by atoms with van der Waals surface area (Å²) in [6, 6.07) is 9.42. The monoisotopic (exact) mass is 326 g/mol. The molecule has 0 spiro atoms. The van der Waals surface area contributed by atoms with Crippen LogP contribution in [-0.2, 0) is 14.3 Å². The molecule has 0 heterocycles. The Hall–Kier alpha value is -0.990. The van der Waals surface area contributed by atoms with Crippen LogP contribution in [0.2, 0.25) is 0 Å². The SMILES string of the molecule is C/C(=C/CSc1ccccc1)COS(=O)(=O)C(F)(F)F. The van der Waals surface area contributed by atoms with Crippen molar-refractivity contribution < 1.29 is 25.8 Å². The highest BCUT2D eigenvalue weighted by atomic mass is 32.2. The van der Waals surface area contributed by atoms with E-state index in [0.717, 1.165) is 4.90 Å². The summed E-state index contributed by atoms with van der Waals surface area (Å²) in [6.07, 6.45) is 1.63. The normalized spacial score (nSPS) is 13.5. The highest BCUT2D eigenvalue weighted by molar-refractivity contribution is 7.99. The van der Waals surface area contributed by atoms with Gasteiger partial charge in [-0.25, -0.2) is 0 Å². The van der Waals surface area contributed by atoms with E-state index < -0.39 is 22.2 Å². The average Bonchev–Trinajstić information content (AvgIpc) is 2.36. The van der Waals surface area contributed by atoms with E-state index in [0.29, 0.717) is 11.3 Å². The van der Waals surface area contributed by atoms with Crippen molar-refractivity contribution in [3.8, 4) is 0 Å². The van der Waals surface area contributed by atoms with Crippen LogP contribution in [0.3, 0.4) is 0 Å². The van der Waals surface area contributed by atoms with Gasteiger partial charge in [-0.2, -0.15) is 21.6 Å². The summed E-state index contributed by atoms with van der Waals surface area (Å²) in [4.78, 5) is 1.01. The third-order valence-electron chi connectivity index (χ3n) is 2.15. The minimum atomic E-state index is -5.52. The van der Waals surface area contributed by atoms with Gasteiger partial charge in [-0.15, -0.1) is 11.8 Å². The van der Waals surface area contributed by atoms with Crippen molar-refractivity contribution in [2.75, 3.05) is 12.4 Å². The van der Waals surface area contributed by atoms with Gasteiger partial charge < -0.3 is 0 Å². The average molecular weight is 326 g/mol. The minimum absolute atomic E-state index is 0.418. The Labute approximate surface area is 119 Å². The van der Waals surface area contributed by atoms with Crippen molar-refractivity contribution in [1.82, 2.24) is 0 Å². The van der Waals surface area contributed by atoms with Gasteiger partial charge in [0.1, 0.15) is 0 Å². The smallest absolute Gasteiger partial charge is 0.259 e. The lowest BCUT2D eigenvalue weighted by molar-refractivity contribution is -0.0536. The second kappa shape index (κ2) is 7.14. The quantitative estimate of drug-likeness (QED) is 0.347. The summed E-state index contributed by atoms with van der Waals surface area (Å²) in [6.45, 7) is 0.911. The van der Waals surface area contributed by atoms with Crippen molar-refractivity contribution in [2.45, 2.75) is 17.3 Å². The van der Waals surface area contributed by atoms with Crippen molar-refractivity contribution in [3.63, 3.8) is 0 Å². The van der Waals surface area contributed by atoms with E-state index in [1.54, 1.807) is 6.08 Å². The van der Waals surface area contributed by atoms with E-state index in [-0.39, 0.29) is 0 Å². The van der Waals surface area contributed by atoms with E-state index in [9.17, 15) is 21.6 Å². The molecule has 112 valence electrons. The summed E-state index contributed by atoms with van der Waals surface area (Å²) in [5.74, 6) is 0.519. The first-order valence-electron chi connectivity index (χ1n) is 5.51. The van der Waals surface area contributed by atoms with E-state index in [4.69, 9.17) is 0 Å². The number of alkyl halides is 3. The first-order chi connectivity index (χ1) is 9.22. The van der Waals surface area contributed by atoms with Gasteiger partial charge in [0, 0.05) is 10.6 Å². The van der Waals surface area contributed by atoms with Gasteiger partial charge in [0.05, 0.1) is 6.61 Å². The van der Waals surface area contributed by atoms with Crippen LogP contribution in [0.4, 0.5) is 13.2 Å². The second-order valence-electron chi connectivity index (χ2n) is 3.84. The van der Waals surface area contributed by atoms with E-state index in [1.807, 2.05) is 30.3 Å². The van der Waals surface area contributed by atoms with E-state index in [2.05, 4.69) is 4.18 Å². The third-order valence-corrected chi connectivity index (χ3v) is 4.08.